The zero-order chi connectivity index (χ0) is 18.6. The highest BCUT2D eigenvalue weighted by Crippen LogP contribution is 2.29. The van der Waals surface area contributed by atoms with Crippen LogP contribution < -0.4 is 0 Å². The third kappa shape index (κ3) is 4.01. The Balaban J connectivity index is 1.44. The maximum Gasteiger partial charge on any atom is 0.226 e. The number of ether oxygens (including phenoxy) is 2. The van der Waals surface area contributed by atoms with Gasteiger partial charge < -0.3 is 14.4 Å². The van der Waals surface area contributed by atoms with E-state index in [1.54, 1.807) is 10.9 Å². The van der Waals surface area contributed by atoms with Crippen molar-refractivity contribution in [2.45, 2.75) is 31.9 Å². The van der Waals surface area contributed by atoms with Crippen molar-refractivity contribution in [1.29, 1.82) is 0 Å². The zero-order valence-electron chi connectivity index (χ0n) is 15.6. The average molecular weight is 371 g/mol. The van der Waals surface area contributed by atoms with E-state index < -0.39 is 0 Å². The van der Waals surface area contributed by atoms with Crippen LogP contribution in [0.25, 0.3) is 0 Å². The predicted octanol–water partition coefficient (Wildman–Crippen LogP) is 1.28. The van der Waals surface area contributed by atoms with Gasteiger partial charge in [0, 0.05) is 44.8 Å². The summed E-state index contributed by atoms with van der Waals surface area (Å²) >= 11 is 0. The smallest absolute Gasteiger partial charge is 0.226 e. The van der Waals surface area contributed by atoms with Gasteiger partial charge in [-0.2, -0.15) is 0 Å². The third-order valence-corrected chi connectivity index (χ3v) is 5.29. The van der Waals surface area contributed by atoms with Crippen molar-refractivity contribution in [3.05, 3.63) is 41.5 Å². The molecule has 2 aromatic rings. The molecular formula is C19H25N5O3. The Morgan fingerprint density at radius 2 is 2.19 bits per heavy atom. The van der Waals surface area contributed by atoms with Gasteiger partial charge in [-0.3, -0.25) is 14.5 Å². The highest BCUT2D eigenvalue weighted by Gasteiger charge is 2.35. The molecule has 0 bridgehead atoms. The standard InChI is InChI=1S/C19H25N5O3/c1-23-18-15(12-27-13-16-4-2-3-7-20-16)10-24(11-17(18)21-22-23)19(25)14-5-8-26-9-6-14/h2-4,7,14-15H,5-6,8-13H2,1H3/t15-/m0/s1. The minimum Gasteiger partial charge on any atom is -0.381 e. The van der Waals surface area contributed by atoms with Crippen LogP contribution in [0.5, 0.6) is 0 Å². The van der Waals surface area contributed by atoms with Crippen LogP contribution in [0.4, 0.5) is 0 Å². The molecule has 4 heterocycles. The normalized spacial score (nSPS) is 20.5. The topological polar surface area (TPSA) is 82.4 Å². The predicted molar refractivity (Wildman–Crippen MR) is 96.6 cm³/mol. The number of carbonyl (C=O) groups excluding carboxylic acids is 1. The Hall–Kier alpha value is -2.32. The minimum absolute atomic E-state index is 0.0482. The van der Waals surface area contributed by atoms with Crippen molar-refractivity contribution >= 4 is 5.91 Å². The molecule has 0 saturated carbocycles. The van der Waals surface area contributed by atoms with E-state index in [1.807, 2.05) is 30.1 Å². The first-order valence-electron chi connectivity index (χ1n) is 9.45. The first-order chi connectivity index (χ1) is 13.2. The number of amides is 1. The largest absolute Gasteiger partial charge is 0.381 e. The molecule has 8 heteroatoms. The first kappa shape index (κ1) is 18.1. The highest BCUT2D eigenvalue weighted by atomic mass is 16.5. The summed E-state index contributed by atoms with van der Waals surface area (Å²) in [6, 6.07) is 5.78. The Morgan fingerprint density at radius 1 is 1.33 bits per heavy atom. The molecule has 1 amide bonds. The van der Waals surface area contributed by atoms with E-state index in [2.05, 4.69) is 15.3 Å². The van der Waals surface area contributed by atoms with E-state index in [0.717, 1.165) is 29.9 Å². The number of rotatable bonds is 5. The van der Waals surface area contributed by atoms with Crippen LogP contribution in [0, 0.1) is 5.92 Å². The van der Waals surface area contributed by atoms with E-state index in [1.165, 1.54) is 0 Å². The van der Waals surface area contributed by atoms with E-state index in [4.69, 9.17) is 9.47 Å². The van der Waals surface area contributed by atoms with Crippen LogP contribution in [0.1, 0.15) is 35.8 Å². The molecule has 4 rings (SSSR count). The molecule has 2 aliphatic rings. The van der Waals surface area contributed by atoms with E-state index >= 15 is 0 Å². The molecule has 2 aromatic heterocycles. The lowest BCUT2D eigenvalue weighted by molar-refractivity contribution is -0.140. The van der Waals surface area contributed by atoms with Crippen LogP contribution in [-0.2, 0) is 34.5 Å². The van der Waals surface area contributed by atoms with E-state index in [-0.39, 0.29) is 17.7 Å². The van der Waals surface area contributed by atoms with Crippen molar-refractivity contribution in [2.24, 2.45) is 13.0 Å². The molecular weight excluding hydrogens is 346 g/mol. The van der Waals surface area contributed by atoms with Crippen LogP contribution in [-0.4, -0.2) is 57.2 Å². The van der Waals surface area contributed by atoms with Gasteiger partial charge in [0.25, 0.3) is 0 Å². The Kier molecular flexibility index (Phi) is 5.45. The number of aromatic nitrogens is 4. The summed E-state index contributed by atoms with van der Waals surface area (Å²) in [5.74, 6) is 0.303. The SMILES string of the molecule is Cn1nnc2c1[C@H](COCc1ccccn1)CN(C(=O)C1CCOCC1)C2. The van der Waals surface area contributed by atoms with Crippen molar-refractivity contribution in [1.82, 2.24) is 24.9 Å². The van der Waals surface area contributed by atoms with Crippen molar-refractivity contribution in [2.75, 3.05) is 26.4 Å². The molecule has 1 atom stereocenters. The Bertz CT molecular complexity index is 773. The second-order valence-corrected chi connectivity index (χ2v) is 7.18. The van der Waals surface area contributed by atoms with Crippen LogP contribution in [0.15, 0.2) is 24.4 Å². The summed E-state index contributed by atoms with van der Waals surface area (Å²) in [4.78, 5) is 19.2. The van der Waals surface area contributed by atoms with Crippen molar-refractivity contribution < 1.29 is 14.3 Å². The molecule has 27 heavy (non-hydrogen) atoms. The fourth-order valence-corrected chi connectivity index (χ4v) is 3.91. The highest BCUT2D eigenvalue weighted by molar-refractivity contribution is 5.79. The van der Waals surface area contributed by atoms with Gasteiger partial charge in [0.2, 0.25) is 5.91 Å². The van der Waals surface area contributed by atoms with Crippen molar-refractivity contribution in [3.8, 4) is 0 Å². The lowest BCUT2D eigenvalue weighted by Crippen LogP contribution is -2.44. The number of nitrogens with zero attached hydrogens (tertiary/aromatic N) is 5. The quantitative estimate of drug-likeness (QED) is 0.787. The molecule has 144 valence electrons. The summed E-state index contributed by atoms with van der Waals surface area (Å²) in [7, 11) is 1.90. The van der Waals surface area contributed by atoms with Gasteiger partial charge in [0.1, 0.15) is 5.69 Å². The third-order valence-electron chi connectivity index (χ3n) is 5.29. The van der Waals surface area contributed by atoms with E-state index in [0.29, 0.717) is 39.5 Å². The molecule has 1 saturated heterocycles. The number of hydrogen-bond acceptors (Lipinski definition) is 6. The summed E-state index contributed by atoms with van der Waals surface area (Å²) in [5, 5.41) is 8.44. The maximum absolute atomic E-state index is 13.0. The summed E-state index contributed by atoms with van der Waals surface area (Å²) in [5.41, 5.74) is 2.83. The molecule has 0 spiro atoms. The fourth-order valence-electron chi connectivity index (χ4n) is 3.91. The lowest BCUT2D eigenvalue weighted by atomic mass is 9.94. The van der Waals surface area contributed by atoms with Gasteiger partial charge in [-0.1, -0.05) is 11.3 Å². The molecule has 0 radical (unpaired) electrons. The monoisotopic (exact) mass is 371 g/mol. The van der Waals surface area contributed by atoms with Gasteiger partial charge in [-0.15, -0.1) is 5.10 Å². The summed E-state index contributed by atoms with van der Waals surface area (Å²) in [6.45, 7) is 3.44. The van der Waals surface area contributed by atoms with Gasteiger partial charge in [-0.25, -0.2) is 0 Å². The Labute approximate surface area is 158 Å². The lowest BCUT2D eigenvalue weighted by Gasteiger charge is -2.35. The van der Waals surface area contributed by atoms with E-state index in [9.17, 15) is 4.79 Å². The molecule has 0 unspecified atom stereocenters. The molecule has 0 aromatic carbocycles. The molecule has 2 aliphatic heterocycles. The van der Waals surface area contributed by atoms with Gasteiger partial charge >= 0.3 is 0 Å². The van der Waals surface area contributed by atoms with Crippen LogP contribution in [0.2, 0.25) is 0 Å². The number of pyridine rings is 1. The van der Waals surface area contributed by atoms with Crippen LogP contribution >= 0.6 is 0 Å². The molecule has 0 N–H and O–H groups in total. The number of aryl methyl sites for hydroxylation is 1. The van der Waals surface area contributed by atoms with Crippen molar-refractivity contribution in [3.63, 3.8) is 0 Å². The number of fused-ring (bicyclic) bond motifs is 1. The average Bonchev–Trinajstić information content (AvgIpc) is 3.10. The first-order valence-corrected chi connectivity index (χ1v) is 9.45. The fraction of sp³-hybridized carbons (Fsp3) is 0.579. The van der Waals surface area contributed by atoms with Gasteiger partial charge in [0.15, 0.2) is 0 Å². The number of carbonyl (C=O) groups is 1. The molecule has 1 fully saturated rings. The minimum atomic E-state index is 0.0482. The van der Waals surface area contributed by atoms with Crippen LogP contribution in [0.3, 0.4) is 0 Å². The maximum atomic E-state index is 13.0. The second-order valence-electron chi connectivity index (χ2n) is 7.18. The van der Waals surface area contributed by atoms with Gasteiger partial charge in [0.05, 0.1) is 31.1 Å². The Morgan fingerprint density at radius 3 is 2.96 bits per heavy atom. The zero-order valence-corrected chi connectivity index (χ0v) is 15.6. The summed E-state index contributed by atoms with van der Waals surface area (Å²) in [6.07, 6.45) is 3.35. The molecule has 0 aliphatic carbocycles. The number of hydrogen-bond donors (Lipinski definition) is 0. The van der Waals surface area contributed by atoms with Gasteiger partial charge in [-0.05, 0) is 25.0 Å². The second kappa shape index (κ2) is 8.14. The summed E-state index contributed by atoms with van der Waals surface area (Å²) < 4.78 is 13.1. The molecule has 8 nitrogen and oxygen atoms in total.